The summed E-state index contributed by atoms with van der Waals surface area (Å²) in [7, 11) is -3.40. The van der Waals surface area contributed by atoms with E-state index in [9.17, 15) is 8.42 Å². The molecule has 0 aromatic carbocycles. The third kappa shape index (κ3) is 3.77. The smallest absolute Gasteiger partial charge is 0.251 e. The molecule has 0 saturated heterocycles. The second kappa shape index (κ2) is 6.47. The summed E-state index contributed by atoms with van der Waals surface area (Å²) in [5, 5.41) is 1.74. The molecule has 0 bridgehead atoms. The normalized spacial score (nSPS) is 17.4. The maximum atomic E-state index is 11.9. The van der Waals surface area contributed by atoms with Gasteiger partial charge in [-0.25, -0.2) is 13.1 Å². The lowest BCUT2D eigenvalue weighted by molar-refractivity contribution is 0.0626. The van der Waals surface area contributed by atoms with Crippen molar-refractivity contribution in [3.05, 3.63) is 15.9 Å². The average Bonchev–Trinajstić information content (AvgIpc) is 2.95. The predicted molar refractivity (Wildman–Crippen MR) is 75.4 cm³/mol. The minimum absolute atomic E-state index is 0.322. The lowest BCUT2D eigenvalue weighted by Crippen LogP contribution is -2.28. The number of hydrogen-bond donors (Lipinski definition) is 1. The third-order valence-corrected chi connectivity index (χ3v) is 7.01. The van der Waals surface area contributed by atoms with Gasteiger partial charge in [-0.3, -0.25) is 0 Å². The van der Waals surface area contributed by atoms with E-state index in [1.54, 1.807) is 11.4 Å². The first kappa shape index (κ1) is 14.5. The van der Waals surface area contributed by atoms with E-state index in [2.05, 4.69) is 20.7 Å². The second-order valence-corrected chi connectivity index (χ2v) is 7.96. The number of sulfonamides is 1. The Bertz CT molecular complexity index is 480. The molecule has 0 unspecified atom stereocenters. The fraction of sp³-hybridized carbons (Fsp3) is 0.636. The summed E-state index contributed by atoms with van der Waals surface area (Å²) >= 11 is 4.43. The van der Waals surface area contributed by atoms with E-state index in [1.165, 1.54) is 24.2 Å². The van der Waals surface area contributed by atoms with Crippen LogP contribution < -0.4 is 4.72 Å². The van der Waals surface area contributed by atoms with Gasteiger partial charge in [-0.05, 0) is 40.2 Å². The van der Waals surface area contributed by atoms with Crippen LogP contribution in [0.1, 0.15) is 25.7 Å². The van der Waals surface area contributed by atoms with Crippen LogP contribution in [0.5, 0.6) is 0 Å². The van der Waals surface area contributed by atoms with Crippen LogP contribution in [0.25, 0.3) is 0 Å². The molecule has 1 aromatic heterocycles. The van der Waals surface area contributed by atoms with Gasteiger partial charge in [-0.15, -0.1) is 11.3 Å². The zero-order chi connectivity index (χ0) is 13.0. The van der Waals surface area contributed by atoms with Crippen LogP contribution >= 0.6 is 27.3 Å². The first-order chi connectivity index (χ1) is 8.59. The van der Waals surface area contributed by atoms with Gasteiger partial charge in [0.15, 0.2) is 0 Å². The molecule has 0 spiro atoms. The van der Waals surface area contributed by atoms with Crippen molar-refractivity contribution in [2.45, 2.75) is 36.0 Å². The Hall–Kier alpha value is 0.0500. The first-order valence-corrected chi connectivity index (χ1v) is 9.09. The zero-order valence-electron chi connectivity index (χ0n) is 9.89. The van der Waals surface area contributed by atoms with Crippen molar-refractivity contribution in [3.63, 3.8) is 0 Å². The highest BCUT2D eigenvalue weighted by molar-refractivity contribution is 9.10. The molecule has 1 heterocycles. The van der Waals surface area contributed by atoms with E-state index >= 15 is 0 Å². The first-order valence-electron chi connectivity index (χ1n) is 5.94. The van der Waals surface area contributed by atoms with E-state index in [4.69, 9.17) is 4.74 Å². The third-order valence-electron chi connectivity index (χ3n) is 2.88. The number of nitrogens with one attached hydrogen (secondary N) is 1. The van der Waals surface area contributed by atoms with Gasteiger partial charge in [0.2, 0.25) is 0 Å². The van der Waals surface area contributed by atoms with Gasteiger partial charge in [0.25, 0.3) is 10.0 Å². The zero-order valence-corrected chi connectivity index (χ0v) is 13.1. The summed E-state index contributed by atoms with van der Waals surface area (Å²) in [4.78, 5) is 0. The quantitative estimate of drug-likeness (QED) is 0.800. The highest BCUT2D eigenvalue weighted by atomic mass is 79.9. The van der Waals surface area contributed by atoms with Crippen molar-refractivity contribution in [2.24, 2.45) is 0 Å². The van der Waals surface area contributed by atoms with E-state index in [0.29, 0.717) is 27.9 Å². The van der Waals surface area contributed by atoms with Crippen LogP contribution in [0, 0.1) is 0 Å². The highest BCUT2D eigenvalue weighted by Gasteiger charge is 2.19. The molecule has 1 fully saturated rings. The van der Waals surface area contributed by atoms with E-state index in [0.717, 1.165) is 12.8 Å². The maximum absolute atomic E-state index is 11.9. The monoisotopic (exact) mass is 353 g/mol. The van der Waals surface area contributed by atoms with Crippen LogP contribution in [0.15, 0.2) is 20.1 Å². The molecule has 1 aliphatic rings. The Morgan fingerprint density at radius 3 is 2.78 bits per heavy atom. The molecule has 4 nitrogen and oxygen atoms in total. The van der Waals surface area contributed by atoms with Crippen LogP contribution in [-0.4, -0.2) is 27.7 Å². The SMILES string of the molecule is O=S(=O)(NCCOC1CCCC1)c1sccc1Br. The van der Waals surface area contributed by atoms with Crippen molar-refractivity contribution in [3.8, 4) is 0 Å². The van der Waals surface area contributed by atoms with Crippen molar-refractivity contribution < 1.29 is 13.2 Å². The van der Waals surface area contributed by atoms with Crippen molar-refractivity contribution in [1.29, 1.82) is 0 Å². The fourth-order valence-corrected chi connectivity index (χ4v) is 5.39. The van der Waals surface area contributed by atoms with Crippen LogP contribution in [0.4, 0.5) is 0 Å². The van der Waals surface area contributed by atoms with E-state index in [1.807, 2.05) is 0 Å². The van der Waals surface area contributed by atoms with Crippen molar-refractivity contribution >= 4 is 37.3 Å². The minimum atomic E-state index is -3.40. The molecule has 7 heteroatoms. The lowest BCUT2D eigenvalue weighted by atomic mass is 10.3. The Labute approximate surface area is 120 Å². The Morgan fingerprint density at radius 1 is 1.44 bits per heavy atom. The standard InChI is InChI=1S/C11H16BrNO3S2/c12-10-5-8-17-11(10)18(14,15)13-6-7-16-9-3-1-2-4-9/h5,8-9,13H,1-4,6-7H2. The Balaban J connectivity index is 1.77. The van der Waals surface area contributed by atoms with Crippen LogP contribution in [-0.2, 0) is 14.8 Å². The van der Waals surface area contributed by atoms with E-state index < -0.39 is 10.0 Å². The number of thiophene rings is 1. The summed E-state index contributed by atoms with van der Waals surface area (Å²) in [5.74, 6) is 0. The summed E-state index contributed by atoms with van der Waals surface area (Å²) in [5.41, 5.74) is 0. The largest absolute Gasteiger partial charge is 0.377 e. The molecule has 18 heavy (non-hydrogen) atoms. The summed E-state index contributed by atoms with van der Waals surface area (Å²) in [6.07, 6.45) is 4.96. The molecular weight excluding hydrogens is 338 g/mol. The van der Waals surface area contributed by atoms with Crippen molar-refractivity contribution in [1.82, 2.24) is 4.72 Å². The highest BCUT2D eigenvalue weighted by Crippen LogP contribution is 2.27. The van der Waals surface area contributed by atoms with Gasteiger partial charge in [0.05, 0.1) is 12.7 Å². The molecule has 102 valence electrons. The van der Waals surface area contributed by atoms with Gasteiger partial charge in [-0.2, -0.15) is 0 Å². The van der Waals surface area contributed by atoms with Crippen LogP contribution in [0.3, 0.4) is 0 Å². The predicted octanol–water partition coefficient (Wildman–Crippen LogP) is 2.75. The fourth-order valence-electron chi connectivity index (χ4n) is 1.99. The second-order valence-electron chi connectivity index (χ2n) is 4.23. The Kier molecular flexibility index (Phi) is 5.20. The molecule has 1 saturated carbocycles. The van der Waals surface area contributed by atoms with Crippen molar-refractivity contribution in [2.75, 3.05) is 13.2 Å². The molecular formula is C11H16BrNO3S2. The number of rotatable bonds is 6. The summed E-state index contributed by atoms with van der Waals surface area (Å²) < 4.78 is 32.9. The molecule has 1 N–H and O–H groups in total. The minimum Gasteiger partial charge on any atom is -0.377 e. The lowest BCUT2D eigenvalue weighted by Gasteiger charge is -2.11. The van der Waals surface area contributed by atoms with E-state index in [-0.39, 0.29) is 0 Å². The molecule has 1 aliphatic carbocycles. The van der Waals surface area contributed by atoms with Gasteiger partial charge < -0.3 is 4.74 Å². The topological polar surface area (TPSA) is 55.4 Å². The summed E-state index contributed by atoms with van der Waals surface area (Å²) in [6, 6.07) is 1.73. The van der Waals surface area contributed by atoms with Gasteiger partial charge in [-0.1, -0.05) is 12.8 Å². The maximum Gasteiger partial charge on any atom is 0.251 e. The summed E-state index contributed by atoms with van der Waals surface area (Å²) in [6.45, 7) is 0.760. The van der Waals surface area contributed by atoms with Gasteiger partial charge in [0.1, 0.15) is 4.21 Å². The van der Waals surface area contributed by atoms with Gasteiger partial charge >= 0.3 is 0 Å². The van der Waals surface area contributed by atoms with Gasteiger partial charge in [0, 0.05) is 11.0 Å². The molecule has 0 atom stereocenters. The molecule has 2 rings (SSSR count). The average molecular weight is 354 g/mol. The number of ether oxygens (including phenoxy) is 1. The molecule has 1 aromatic rings. The molecule has 0 aliphatic heterocycles. The molecule has 0 radical (unpaired) electrons. The number of halogens is 1. The Morgan fingerprint density at radius 2 is 2.17 bits per heavy atom. The van der Waals surface area contributed by atoms with Crippen LogP contribution in [0.2, 0.25) is 0 Å². The number of hydrogen-bond acceptors (Lipinski definition) is 4. The molecule has 0 amide bonds.